The third-order valence-electron chi connectivity index (χ3n) is 2.69. The Hall–Kier alpha value is -1.43. The highest BCUT2D eigenvalue weighted by Gasteiger charge is 2.45. The van der Waals surface area contributed by atoms with Crippen molar-refractivity contribution in [2.24, 2.45) is 5.41 Å². The number of amides is 1. The standard InChI is InChI=1S/C13H21NO5/c1-8(15)6-10(17)14-11(19-9(2)16)7-18-12(14)13(3,4)5/h11-12H,6-7H2,1-5H3/t11-,12-/m1/s1. The fourth-order valence-electron chi connectivity index (χ4n) is 2.03. The van der Waals surface area contributed by atoms with Crippen LogP contribution in [0.15, 0.2) is 0 Å². The molecule has 1 amide bonds. The van der Waals surface area contributed by atoms with Gasteiger partial charge >= 0.3 is 5.97 Å². The van der Waals surface area contributed by atoms with Gasteiger partial charge in [0.05, 0.1) is 6.42 Å². The molecule has 0 spiro atoms. The van der Waals surface area contributed by atoms with E-state index in [-0.39, 0.29) is 30.1 Å². The Labute approximate surface area is 113 Å². The lowest BCUT2D eigenvalue weighted by molar-refractivity contribution is -0.164. The first-order chi connectivity index (χ1) is 8.62. The molecule has 1 heterocycles. The second kappa shape index (κ2) is 5.69. The highest BCUT2D eigenvalue weighted by atomic mass is 16.6. The Morgan fingerprint density at radius 3 is 2.26 bits per heavy atom. The van der Waals surface area contributed by atoms with Crippen molar-refractivity contribution in [3.8, 4) is 0 Å². The van der Waals surface area contributed by atoms with E-state index in [1.54, 1.807) is 0 Å². The number of ketones is 1. The number of carbonyl (C=O) groups excluding carboxylic acids is 3. The first-order valence-corrected chi connectivity index (χ1v) is 6.22. The first-order valence-electron chi connectivity index (χ1n) is 6.22. The largest absolute Gasteiger partial charge is 0.439 e. The van der Waals surface area contributed by atoms with E-state index in [0.29, 0.717) is 0 Å². The van der Waals surface area contributed by atoms with E-state index in [1.807, 2.05) is 20.8 Å². The third-order valence-corrected chi connectivity index (χ3v) is 2.69. The lowest BCUT2D eigenvalue weighted by Crippen LogP contribution is -2.49. The SMILES string of the molecule is CC(=O)CC(=O)N1[C@H](OC(C)=O)CO[C@@H]1C(C)(C)C. The van der Waals surface area contributed by atoms with Crippen LogP contribution in [-0.2, 0) is 23.9 Å². The van der Waals surface area contributed by atoms with Gasteiger partial charge in [-0.15, -0.1) is 0 Å². The van der Waals surface area contributed by atoms with Crippen molar-refractivity contribution in [2.75, 3.05) is 6.61 Å². The van der Waals surface area contributed by atoms with Gasteiger partial charge in [0.2, 0.25) is 12.1 Å². The molecule has 6 nitrogen and oxygen atoms in total. The zero-order valence-electron chi connectivity index (χ0n) is 12.1. The summed E-state index contributed by atoms with van der Waals surface area (Å²) in [6, 6.07) is 0. The Morgan fingerprint density at radius 1 is 1.26 bits per heavy atom. The molecule has 1 rings (SSSR count). The fraction of sp³-hybridized carbons (Fsp3) is 0.769. The van der Waals surface area contributed by atoms with Crippen LogP contribution in [0.2, 0.25) is 0 Å². The Balaban J connectivity index is 2.94. The summed E-state index contributed by atoms with van der Waals surface area (Å²) < 4.78 is 10.6. The maximum atomic E-state index is 12.1. The number of ether oxygens (including phenoxy) is 2. The highest BCUT2D eigenvalue weighted by Crippen LogP contribution is 2.32. The van der Waals surface area contributed by atoms with Gasteiger partial charge in [0.15, 0.2) is 0 Å². The van der Waals surface area contributed by atoms with Crippen LogP contribution in [0.25, 0.3) is 0 Å². The molecule has 0 radical (unpaired) electrons. The molecule has 0 aromatic carbocycles. The maximum Gasteiger partial charge on any atom is 0.304 e. The minimum atomic E-state index is -0.756. The predicted molar refractivity (Wildman–Crippen MR) is 66.9 cm³/mol. The van der Waals surface area contributed by atoms with Gasteiger partial charge in [0, 0.05) is 12.3 Å². The van der Waals surface area contributed by atoms with Crippen LogP contribution in [0.4, 0.5) is 0 Å². The first kappa shape index (κ1) is 15.6. The average Bonchev–Trinajstić information content (AvgIpc) is 2.58. The van der Waals surface area contributed by atoms with E-state index in [2.05, 4.69) is 0 Å². The molecule has 0 saturated carbocycles. The van der Waals surface area contributed by atoms with Crippen molar-refractivity contribution in [2.45, 2.75) is 53.5 Å². The van der Waals surface area contributed by atoms with Crippen molar-refractivity contribution in [3.05, 3.63) is 0 Å². The molecular formula is C13H21NO5. The van der Waals surface area contributed by atoms with Crippen LogP contribution in [0, 0.1) is 5.41 Å². The number of carbonyl (C=O) groups is 3. The third kappa shape index (κ3) is 4.02. The lowest BCUT2D eigenvalue weighted by Gasteiger charge is -2.35. The summed E-state index contributed by atoms with van der Waals surface area (Å²) in [6.45, 7) is 8.51. The summed E-state index contributed by atoms with van der Waals surface area (Å²) in [6.07, 6.45) is -1.48. The number of esters is 1. The molecule has 6 heteroatoms. The molecule has 108 valence electrons. The van der Waals surface area contributed by atoms with Gasteiger partial charge in [-0.25, -0.2) is 0 Å². The zero-order chi connectivity index (χ0) is 14.8. The molecule has 0 N–H and O–H groups in total. The molecule has 19 heavy (non-hydrogen) atoms. The van der Waals surface area contributed by atoms with Crippen molar-refractivity contribution in [1.82, 2.24) is 4.90 Å². The zero-order valence-corrected chi connectivity index (χ0v) is 12.1. The summed E-state index contributed by atoms with van der Waals surface area (Å²) in [5.74, 6) is -1.09. The van der Waals surface area contributed by atoms with Crippen LogP contribution >= 0.6 is 0 Å². The fourth-order valence-corrected chi connectivity index (χ4v) is 2.03. The minimum absolute atomic E-state index is 0.130. The topological polar surface area (TPSA) is 72.9 Å². The van der Waals surface area contributed by atoms with Crippen molar-refractivity contribution in [3.63, 3.8) is 0 Å². The molecule has 1 aliphatic heterocycles. The second-order valence-electron chi connectivity index (χ2n) is 5.80. The van der Waals surface area contributed by atoms with Gasteiger partial charge in [-0.05, 0) is 6.92 Å². The number of hydrogen-bond acceptors (Lipinski definition) is 5. The monoisotopic (exact) mass is 271 g/mol. The van der Waals surface area contributed by atoms with Crippen LogP contribution in [-0.4, -0.2) is 41.6 Å². The maximum absolute atomic E-state index is 12.1. The number of hydrogen-bond donors (Lipinski definition) is 0. The molecule has 0 aromatic rings. The molecule has 0 unspecified atom stereocenters. The quantitative estimate of drug-likeness (QED) is 0.567. The lowest BCUT2D eigenvalue weighted by atomic mass is 9.93. The van der Waals surface area contributed by atoms with Gasteiger partial charge in [-0.1, -0.05) is 20.8 Å². The summed E-state index contributed by atoms with van der Waals surface area (Å²) >= 11 is 0. The summed E-state index contributed by atoms with van der Waals surface area (Å²) in [5, 5.41) is 0. The van der Waals surface area contributed by atoms with Crippen LogP contribution in [0.3, 0.4) is 0 Å². The van der Waals surface area contributed by atoms with E-state index < -0.39 is 18.4 Å². The molecule has 1 saturated heterocycles. The van der Waals surface area contributed by atoms with E-state index in [4.69, 9.17) is 9.47 Å². The Morgan fingerprint density at radius 2 is 1.84 bits per heavy atom. The highest BCUT2D eigenvalue weighted by molar-refractivity contribution is 5.97. The van der Waals surface area contributed by atoms with Gasteiger partial charge in [0.1, 0.15) is 18.6 Å². The second-order valence-corrected chi connectivity index (χ2v) is 5.80. The van der Waals surface area contributed by atoms with Gasteiger partial charge in [-0.3, -0.25) is 19.3 Å². The molecule has 0 bridgehead atoms. The Bertz CT molecular complexity index is 385. The molecule has 0 aromatic heterocycles. The van der Waals surface area contributed by atoms with E-state index >= 15 is 0 Å². The van der Waals surface area contributed by atoms with Gasteiger partial charge in [0.25, 0.3) is 0 Å². The molecule has 1 aliphatic rings. The van der Waals surface area contributed by atoms with E-state index in [1.165, 1.54) is 18.7 Å². The van der Waals surface area contributed by atoms with Crippen LogP contribution in [0.5, 0.6) is 0 Å². The normalized spacial score (nSPS) is 23.3. The number of Topliss-reactive ketones (excluding diaryl/α,β-unsaturated/α-hetero) is 1. The van der Waals surface area contributed by atoms with E-state index in [9.17, 15) is 14.4 Å². The van der Waals surface area contributed by atoms with Crippen LogP contribution < -0.4 is 0 Å². The molecule has 1 fully saturated rings. The predicted octanol–water partition coefficient (Wildman–Crippen LogP) is 1.09. The van der Waals surface area contributed by atoms with Crippen LogP contribution in [0.1, 0.15) is 41.0 Å². The summed E-state index contributed by atoms with van der Waals surface area (Å²) in [4.78, 5) is 35.7. The average molecular weight is 271 g/mol. The van der Waals surface area contributed by atoms with Gasteiger partial charge < -0.3 is 9.47 Å². The van der Waals surface area contributed by atoms with E-state index in [0.717, 1.165) is 0 Å². The van der Waals surface area contributed by atoms with Gasteiger partial charge in [-0.2, -0.15) is 0 Å². The summed E-state index contributed by atoms with van der Waals surface area (Å²) in [7, 11) is 0. The minimum Gasteiger partial charge on any atom is -0.439 e. The van der Waals surface area contributed by atoms with Crippen molar-refractivity contribution in [1.29, 1.82) is 0 Å². The summed E-state index contributed by atoms with van der Waals surface area (Å²) in [5.41, 5.74) is -0.332. The Kier molecular flexibility index (Phi) is 4.68. The van der Waals surface area contributed by atoms with Crippen molar-refractivity contribution >= 4 is 17.7 Å². The van der Waals surface area contributed by atoms with Crippen molar-refractivity contribution < 1.29 is 23.9 Å². The molecular weight excluding hydrogens is 250 g/mol. The number of rotatable bonds is 3. The number of nitrogens with zero attached hydrogens (tertiary/aromatic N) is 1. The molecule has 2 atom stereocenters. The smallest absolute Gasteiger partial charge is 0.304 e. The molecule has 0 aliphatic carbocycles.